The van der Waals surface area contributed by atoms with E-state index in [1.165, 1.54) is 6.42 Å². The van der Waals surface area contributed by atoms with Crippen molar-refractivity contribution in [3.8, 4) is 0 Å². The van der Waals surface area contributed by atoms with E-state index in [1.54, 1.807) is 11.0 Å². The number of nitrogens with zero attached hydrogens (tertiary/aromatic N) is 4. The molecule has 1 saturated heterocycles. The summed E-state index contributed by atoms with van der Waals surface area (Å²) in [4.78, 5) is 35.6. The number of hydrogen-bond acceptors (Lipinski definition) is 5. The lowest BCUT2D eigenvalue weighted by Gasteiger charge is -2.40. The highest BCUT2D eigenvalue weighted by atomic mass is 16.6. The predicted octanol–water partition coefficient (Wildman–Crippen LogP) is 6.00. The van der Waals surface area contributed by atoms with E-state index in [0.717, 1.165) is 31.8 Å². The summed E-state index contributed by atoms with van der Waals surface area (Å²) in [5, 5.41) is 0.579. The lowest BCUT2D eigenvalue weighted by Crippen LogP contribution is -2.43. The summed E-state index contributed by atoms with van der Waals surface area (Å²) in [6.45, 7) is 19.4. The van der Waals surface area contributed by atoms with Gasteiger partial charge in [0, 0.05) is 31.9 Å². The molecule has 2 aromatic rings. The van der Waals surface area contributed by atoms with Crippen molar-refractivity contribution in [1.29, 1.82) is 0 Å². The van der Waals surface area contributed by atoms with Gasteiger partial charge >= 0.3 is 6.09 Å². The molecule has 0 radical (unpaired) electrons. The summed E-state index contributed by atoms with van der Waals surface area (Å²) >= 11 is 0. The molecule has 0 N–H and O–H groups in total. The van der Waals surface area contributed by atoms with Crippen molar-refractivity contribution in [1.82, 2.24) is 14.5 Å². The maximum atomic E-state index is 13.6. The fourth-order valence-corrected chi connectivity index (χ4v) is 5.40. The number of carbonyl (C=O) groups excluding carboxylic acids is 1. The summed E-state index contributed by atoms with van der Waals surface area (Å²) in [7, 11) is 0. The van der Waals surface area contributed by atoms with Gasteiger partial charge in [0.2, 0.25) is 0 Å². The minimum Gasteiger partial charge on any atom is -0.443 e. The summed E-state index contributed by atoms with van der Waals surface area (Å²) < 4.78 is 7.45. The zero-order valence-corrected chi connectivity index (χ0v) is 22.9. The molecule has 1 aromatic heterocycles. The number of piperidine rings is 1. The maximum Gasteiger partial charge on any atom is 0.414 e. The topological polar surface area (TPSA) is 67.7 Å². The van der Waals surface area contributed by atoms with Crippen LogP contribution in [0.15, 0.2) is 23.0 Å². The number of hydrogen-bond donors (Lipinski definition) is 0. The molecule has 7 nitrogen and oxygen atoms in total. The number of likely N-dealkylation sites (tertiary alicyclic amines) is 1. The van der Waals surface area contributed by atoms with E-state index in [9.17, 15) is 9.59 Å². The third kappa shape index (κ3) is 6.24. The molecule has 1 fully saturated rings. The van der Waals surface area contributed by atoms with Crippen LogP contribution in [0.4, 0.5) is 10.5 Å². The molecule has 7 heteroatoms. The number of aromatic nitrogens is 2. The Hall–Kier alpha value is -2.41. The smallest absolute Gasteiger partial charge is 0.414 e. The summed E-state index contributed by atoms with van der Waals surface area (Å²) in [6.07, 6.45) is 2.81. The van der Waals surface area contributed by atoms with Crippen molar-refractivity contribution in [2.75, 3.05) is 24.5 Å². The molecule has 3 atom stereocenters. The third-order valence-electron chi connectivity index (χ3n) is 6.72. The lowest BCUT2D eigenvalue weighted by molar-refractivity contribution is 0.0582. The molecule has 0 saturated carbocycles. The van der Waals surface area contributed by atoms with Gasteiger partial charge in [0.1, 0.15) is 11.4 Å². The molecule has 0 spiro atoms. The molecule has 3 rings (SSSR count). The number of carbonyl (C=O) groups is 1. The molecular formula is C28H44N4O3. The van der Waals surface area contributed by atoms with Gasteiger partial charge in [-0.1, -0.05) is 27.2 Å². The maximum absolute atomic E-state index is 13.6. The van der Waals surface area contributed by atoms with Crippen molar-refractivity contribution >= 4 is 22.7 Å². The van der Waals surface area contributed by atoms with E-state index in [2.05, 4.69) is 25.7 Å². The van der Waals surface area contributed by atoms with Gasteiger partial charge in [-0.25, -0.2) is 9.78 Å². The first-order chi connectivity index (χ1) is 16.5. The first-order valence-corrected chi connectivity index (χ1v) is 13.3. The zero-order valence-electron chi connectivity index (χ0n) is 22.9. The van der Waals surface area contributed by atoms with E-state index in [0.29, 0.717) is 41.5 Å². The minimum absolute atomic E-state index is 0.0152. The molecule has 194 valence electrons. The third-order valence-corrected chi connectivity index (χ3v) is 6.72. The Balaban J connectivity index is 2.11. The summed E-state index contributed by atoms with van der Waals surface area (Å²) in [5.74, 6) is 2.09. The van der Waals surface area contributed by atoms with Gasteiger partial charge in [-0.05, 0) is 77.5 Å². The van der Waals surface area contributed by atoms with Crippen molar-refractivity contribution in [2.45, 2.75) is 92.8 Å². The van der Waals surface area contributed by atoms with E-state index in [1.807, 2.05) is 51.3 Å². The Kier molecular flexibility index (Phi) is 8.63. The Labute approximate surface area is 210 Å². The molecule has 1 unspecified atom stereocenters. The molecular weight excluding hydrogens is 440 g/mol. The highest BCUT2D eigenvalue weighted by molar-refractivity contribution is 5.91. The Morgan fingerprint density at radius 2 is 1.83 bits per heavy atom. The lowest BCUT2D eigenvalue weighted by atomic mass is 9.90. The van der Waals surface area contributed by atoms with Crippen LogP contribution in [0.2, 0.25) is 0 Å². The molecule has 0 aliphatic carbocycles. The Bertz CT molecular complexity index is 1080. The SMILES string of the molecule is CCCC(c1nc2cc(N(CC)C(=O)OC(C)(C)C)ccc2c(=O)n1CC)N1C[C@H](C)C[C@H](C)C1. The Morgan fingerprint density at radius 1 is 1.17 bits per heavy atom. The van der Waals surface area contributed by atoms with Crippen molar-refractivity contribution in [3.63, 3.8) is 0 Å². The highest BCUT2D eigenvalue weighted by Gasteiger charge is 2.31. The fourth-order valence-electron chi connectivity index (χ4n) is 5.40. The molecule has 1 aliphatic rings. The van der Waals surface area contributed by atoms with Crippen molar-refractivity contribution < 1.29 is 9.53 Å². The molecule has 0 bridgehead atoms. The van der Waals surface area contributed by atoms with Crippen LogP contribution in [0.5, 0.6) is 0 Å². The number of ether oxygens (including phenoxy) is 1. The quantitative estimate of drug-likeness (QED) is 0.482. The van der Waals surface area contributed by atoms with Crippen LogP contribution in [0.3, 0.4) is 0 Å². The minimum atomic E-state index is -0.586. The van der Waals surface area contributed by atoms with Gasteiger partial charge in [-0.3, -0.25) is 19.2 Å². The molecule has 35 heavy (non-hydrogen) atoms. The number of anilines is 1. The standard InChI is InChI=1S/C28H44N4O3/c1-9-12-24(30-17-19(4)15-20(5)18-30)25-29-23-16-21(13-14-22(23)26(33)32(25)11-3)31(10-2)27(34)35-28(6,7)8/h13-14,16,19-20,24H,9-12,15,17-18H2,1-8H3/t19-,20+,24?. The molecule has 2 heterocycles. The van der Waals surface area contributed by atoms with Crippen LogP contribution >= 0.6 is 0 Å². The van der Waals surface area contributed by atoms with Crippen molar-refractivity contribution in [2.24, 2.45) is 11.8 Å². The van der Waals surface area contributed by atoms with Crippen LogP contribution in [-0.2, 0) is 11.3 Å². The number of fused-ring (bicyclic) bond motifs is 1. The van der Waals surface area contributed by atoms with E-state index in [4.69, 9.17) is 9.72 Å². The zero-order chi connectivity index (χ0) is 25.9. The molecule has 1 amide bonds. The normalized spacial score (nSPS) is 20.1. The fraction of sp³-hybridized carbons (Fsp3) is 0.679. The van der Waals surface area contributed by atoms with Crippen LogP contribution in [-0.4, -0.2) is 45.8 Å². The van der Waals surface area contributed by atoms with Crippen LogP contribution in [0.25, 0.3) is 10.9 Å². The second-order valence-electron chi connectivity index (χ2n) is 11.1. The Morgan fingerprint density at radius 3 is 2.37 bits per heavy atom. The number of amides is 1. The molecule has 1 aliphatic heterocycles. The van der Waals surface area contributed by atoms with Gasteiger partial charge in [-0.2, -0.15) is 0 Å². The van der Waals surface area contributed by atoms with Crippen LogP contribution in [0.1, 0.15) is 86.5 Å². The van der Waals surface area contributed by atoms with Gasteiger partial charge in [-0.15, -0.1) is 0 Å². The monoisotopic (exact) mass is 484 g/mol. The first-order valence-electron chi connectivity index (χ1n) is 13.3. The number of benzene rings is 1. The van der Waals surface area contributed by atoms with Gasteiger partial charge < -0.3 is 4.74 Å². The van der Waals surface area contributed by atoms with Gasteiger partial charge in [0.05, 0.1) is 16.9 Å². The van der Waals surface area contributed by atoms with Gasteiger partial charge in [0.15, 0.2) is 0 Å². The summed E-state index contributed by atoms with van der Waals surface area (Å²) in [6, 6.07) is 5.57. The van der Waals surface area contributed by atoms with Crippen molar-refractivity contribution in [3.05, 3.63) is 34.4 Å². The van der Waals surface area contributed by atoms with E-state index < -0.39 is 11.7 Å². The highest BCUT2D eigenvalue weighted by Crippen LogP contribution is 2.32. The van der Waals surface area contributed by atoms with E-state index >= 15 is 0 Å². The molecule has 1 aromatic carbocycles. The average molecular weight is 485 g/mol. The van der Waals surface area contributed by atoms with Crippen LogP contribution in [0, 0.1) is 11.8 Å². The van der Waals surface area contributed by atoms with Gasteiger partial charge in [0.25, 0.3) is 5.56 Å². The second-order valence-corrected chi connectivity index (χ2v) is 11.1. The summed E-state index contributed by atoms with van der Waals surface area (Å²) in [5.41, 5.74) is 0.721. The largest absolute Gasteiger partial charge is 0.443 e. The van der Waals surface area contributed by atoms with E-state index in [-0.39, 0.29) is 11.6 Å². The van der Waals surface area contributed by atoms with Crippen LogP contribution < -0.4 is 10.5 Å². The first kappa shape index (κ1) is 27.2. The number of rotatable bonds is 7. The predicted molar refractivity (Wildman–Crippen MR) is 143 cm³/mol. The second kappa shape index (κ2) is 11.1. The average Bonchev–Trinajstić information content (AvgIpc) is 2.76.